The molecule has 1 fully saturated rings. The van der Waals surface area contributed by atoms with Crippen LogP contribution in [0.15, 0.2) is 0 Å². The van der Waals surface area contributed by atoms with E-state index < -0.39 is 5.97 Å². The molecule has 1 N–H and O–H groups in total. The zero-order chi connectivity index (χ0) is 11.7. The number of carboxylic acids is 1. The summed E-state index contributed by atoms with van der Waals surface area (Å²) in [5.74, 6) is 0.468. The Balaban J connectivity index is 2.16. The molecule has 0 radical (unpaired) electrons. The fourth-order valence-electron chi connectivity index (χ4n) is 2.46. The van der Waals surface area contributed by atoms with Crippen molar-refractivity contribution in [2.24, 2.45) is 5.92 Å². The molecule has 0 amide bonds. The lowest BCUT2D eigenvalue weighted by Gasteiger charge is -2.05. The first-order chi connectivity index (χ1) is 7.61. The smallest absolute Gasteiger partial charge is 0.347 e. The predicted molar refractivity (Wildman–Crippen MR) is 64.2 cm³/mol. The third-order valence-electron chi connectivity index (χ3n) is 3.48. The number of rotatable bonds is 3. The Bertz CT molecular complexity index is 400. The molecule has 88 valence electrons. The van der Waals surface area contributed by atoms with Crippen LogP contribution in [0.1, 0.15) is 58.9 Å². The summed E-state index contributed by atoms with van der Waals surface area (Å²) in [7, 11) is 0. The van der Waals surface area contributed by atoms with E-state index in [4.69, 9.17) is 5.11 Å². The van der Waals surface area contributed by atoms with Crippen LogP contribution in [-0.4, -0.2) is 16.1 Å². The molecule has 1 heterocycles. The number of nitrogens with zero attached hydrogens (tertiary/aromatic N) is 1. The third-order valence-corrected chi connectivity index (χ3v) is 4.78. The molecule has 0 saturated heterocycles. The van der Waals surface area contributed by atoms with Gasteiger partial charge in [-0.1, -0.05) is 13.3 Å². The summed E-state index contributed by atoms with van der Waals surface area (Å²) >= 11 is 1.37. The van der Waals surface area contributed by atoms with E-state index in [0.29, 0.717) is 16.5 Å². The molecule has 1 aromatic heterocycles. The van der Waals surface area contributed by atoms with Crippen LogP contribution in [0, 0.1) is 12.8 Å². The minimum Gasteiger partial charge on any atom is -0.477 e. The molecule has 0 spiro atoms. The molecule has 1 aliphatic rings. The highest BCUT2D eigenvalue weighted by atomic mass is 32.1. The van der Waals surface area contributed by atoms with Gasteiger partial charge in [0.2, 0.25) is 0 Å². The van der Waals surface area contributed by atoms with Gasteiger partial charge in [0.1, 0.15) is 4.88 Å². The Morgan fingerprint density at radius 2 is 2.31 bits per heavy atom. The quantitative estimate of drug-likeness (QED) is 0.879. The molecule has 2 rings (SSSR count). The number of aromatic nitrogens is 1. The number of thiazole rings is 1. The number of carbonyl (C=O) groups is 1. The molecular weight excluding hydrogens is 222 g/mol. The van der Waals surface area contributed by atoms with Gasteiger partial charge < -0.3 is 5.11 Å². The number of carboxylic acid groups (broad SMARTS) is 1. The Hall–Kier alpha value is -0.900. The van der Waals surface area contributed by atoms with Gasteiger partial charge in [-0.25, -0.2) is 9.78 Å². The van der Waals surface area contributed by atoms with Crippen LogP contribution in [-0.2, 0) is 0 Å². The fraction of sp³-hybridized carbons (Fsp3) is 0.667. The Morgan fingerprint density at radius 1 is 1.56 bits per heavy atom. The lowest BCUT2D eigenvalue weighted by atomic mass is 10.0. The van der Waals surface area contributed by atoms with Crippen molar-refractivity contribution in [3.8, 4) is 0 Å². The van der Waals surface area contributed by atoms with Crippen molar-refractivity contribution in [2.75, 3.05) is 0 Å². The lowest BCUT2D eigenvalue weighted by Crippen LogP contribution is -1.94. The first kappa shape index (κ1) is 11.6. The standard InChI is InChI=1S/C12H17NO2S/c1-3-8-4-5-9(6-8)11-13-7(2)10(16-11)12(14)15/h8-9H,3-6H2,1-2H3,(H,14,15). The van der Waals surface area contributed by atoms with Gasteiger partial charge in [-0.05, 0) is 32.1 Å². The van der Waals surface area contributed by atoms with E-state index in [1.165, 1.54) is 37.0 Å². The predicted octanol–water partition coefficient (Wildman–Crippen LogP) is 3.44. The van der Waals surface area contributed by atoms with E-state index in [1.807, 2.05) is 0 Å². The van der Waals surface area contributed by atoms with E-state index in [0.717, 1.165) is 10.9 Å². The Morgan fingerprint density at radius 3 is 2.81 bits per heavy atom. The van der Waals surface area contributed by atoms with E-state index in [9.17, 15) is 4.79 Å². The number of aryl methyl sites for hydroxylation is 1. The van der Waals surface area contributed by atoms with E-state index in [1.54, 1.807) is 6.92 Å². The molecule has 1 saturated carbocycles. The molecule has 2 atom stereocenters. The SMILES string of the molecule is CCC1CCC(c2nc(C)c(C(=O)O)s2)C1. The van der Waals surface area contributed by atoms with E-state index in [2.05, 4.69) is 11.9 Å². The van der Waals surface area contributed by atoms with Gasteiger partial charge in [0, 0.05) is 5.92 Å². The minimum atomic E-state index is -0.841. The molecule has 3 nitrogen and oxygen atoms in total. The summed E-state index contributed by atoms with van der Waals surface area (Å²) in [5, 5.41) is 10.0. The van der Waals surface area contributed by atoms with Gasteiger partial charge in [0.15, 0.2) is 0 Å². The third kappa shape index (κ3) is 2.12. The minimum absolute atomic E-state index is 0.412. The van der Waals surface area contributed by atoms with Crippen molar-refractivity contribution in [1.82, 2.24) is 4.98 Å². The first-order valence-electron chi connectivity index (χ1n) is 5.82. The topological polar surface area (TPSA) is 50.2 Å². The van der Waals surface area contributed by atoms with Crippen LogP contribution >= 0.6 is 11.3 Å². The zero-order valence-electron chi connectivity index (χ0n) is 9.69. The van der Waals surface area contributed by atoms with Gasteiger partial charge in [0.25, 0.3) is 0 Å². The lowest BCUT2D eigenvalue weighted by molar-refractivity contribution is 0.0701. The number of hydrogen-bond donors (Lipinski definition) is 1. The van der Waals surface area contributed by atoms with Crippen LogP contribution in [0.25, 0.3) is 0 Å². The normalized spacial score (nSPS) is 24.9. The first-order valence-corrected chi connectivity index (χ1v) is 6.64. The van der Waals surface area contributed by atoms with Crippen LogP contribution in [0.2, 0.25) is 0 Å². The molecule has 0 aliphatic heterocycles. The zero-order valence-corrected chi connectivity index (χ0v) is 10.5. The fourth-order valence-corrected chi connectivity index (χ4v) is 3.51. The molecule has 4 heteroatoms. The molecule has 16 heavy (non-hydrogen) atoms. The molecule has 2 unspecified atom stereocenters. The maximum Gasteiger partial charge on any atom is 0.347 e. The van der Waals surface area contributed by atoms with Crippen molar-refractivity contribution in [3.05, 3.63) is 15.6 Å². The van der Waals surface area contributed by atoms with Gasteiger partial charge in [-0.15, -0.1) is 11.3 Å². The van der Waals surface area contributed by atoms with Crippen molar-refractivity contribution in [3.63, 3.8) is 0 Å². The molecule has 0 aromatic carbocycles. The number of hydrogen-bond acceptors (Lipinski definition) is 3. The van der Waals surface area contributed by atoms with Crippen molar-refractivity contribution >= 4 is 17.3 Å². The summed E-state index contributed by atoms with van der Waals surface area (Å²) in [6.45, 7) is 4.01. The van der Waals surface area contributed by atoms with E-state index in [-0.39, 0.29) is 0 Å². The molecule has 1 aromatic rings. The second-order valence-corrected chi connectivity index (χ2v) is 5.59. The van der Waals surface area contributed by atoms with Crippen molar-refractivity contribution < 1.29 is 9.90 Å². The van der Waals surface area contributed by atoms with Crippen LogP contribution in [0.5, 0.6) is 0 Å². The summed E-state index contributed by atoms with van der Waals surface area (Å²) in [5.41, 5.74) is 0.674. The highest BCUT2D eigenvalue weighted by molar-refractivity contribution is 7.13. The summed E-state index contributed by atoms with van der Waals surface area (Å²) < 4.78 is 0. The average molecular weight is 239 g/mol. The Kier molecular flexibility index (Phi) is 3.28. The summed E-state index contributed by atoms with van der Waals surface area (Å²) in [6, 6.07) is 0. The van der Waals surface area contributed by atoms with Gasteiger partial charge in [-0.2, -0.15) is 0 Å². The Labute approximate surface area is 99.5 Å². The molecule has 1 aliphatic carbocycles. The highest BCUT2D eigenvalue weighted by Gasteiger charge is 2.28. The monoisotopic (exact) mass is 239 g/mol. The maximum absolute atomic E-state index is 10.9. The van der Waals surface area contributed by atoms with Gasteiger partial charge in [-0.3, -0.25) is 0 Å². The van der Waals surface area contributed by atoms with Crippen molar-refractivity contribution in [1.29, 1.82) is 0 Å². The van der Waals surface area contributed by atoms with Crippen LogP contribution < -0.4 is 0 Å². The molecular formula is C12H17NO2S. The average Bonchev–Trinajstić information content (AvgIpc) is 2.83. The highest BCUT2D eigenvalue weighted by Crippen LogP contribution is 2.41. The summed E-state index contributed by atoms with van der Waals surface area (Å²) in [4.78, 5) is 15.8. The van der Waals surface area contributed by atoms with Gasteiger partial charge in [0.05, 0.1) is 10.7 Å². The van der Waals surface area contributed by atoms with Crippen LogP contribution in [0.3, 0.4) is 0 Å². The second-order valence-electron chi connectivity index (χ2n) is 4.56. The second kappa shape index (κ2) is 4.53. The number of aromatic carboxylic acids is 1. The van der Waals surface area contributed by atoms with Crippen molar-refractivity contribution in [2.45, 2.75) is 45.4 Å². The maximum atomic E-state index is 10.9. The van der Waals surface area contributed by atoms with Crippen LogP contribution in [0.4, 0.5) is 0 Å². The van der Waals surface area contributed by atoms with E-state index >= 15 is 0 Å². The summed E-state index contributed by atoms with van der Waals surface area (Å²) in [6.07, 6.45) is 4.85. The van der Waals surface area contributed by atoms with Gasteiger partial charge >= 0.3 is 5.97 Å². The molecule has 0 bridgehead atoms. The largest absolute Gasteiger partial charge is 0.477 e.